The second-order valence-corrected chi connectivity index (χ2v) is 3.50. The van der Waals surface area contributed by atoms with E-state index in [2.05, 4.69) is 10.3 Å². The van der Waals surface area contributed by atoms with Crippen molar-refractivity contribution in [1.82, 2.24) is 9.88 Å². The molecule has 0 bridgehead atoms. The van der Waals surface area contributed by atoms with Crippen molar-refractivity contribution in [2.24, 2.45) is 0 Å². The molecule has 1 heterocycles. The lowest BCUT2D eigenvalue weighted by Crippen LogP contribution is -2.30. The average molecular weight is 241 g/mol. The zero-order valence-corrected chi connectivity index (χ0v) is 9.90. The Kier molecular flexibility index (Phi) is 4.84. The molecule has 0 aromatic carbocycles. The summed E-state index contributed by atoms with van der Waals surface area (Å²) in [6.45, 7) is 2.34. The molecule has 1 rings (SSSR count). The van der Waals surface area contributed by atoms with Gasteiger partial charge in [-0.15, -0.1) is 0 Å². The highest BCUT2D eigenvalue weighted by Gasteiger charge is 2.18. The van der Waals surface area contributed by atoms with E-state index in [1.165, 1.54) is 24.2 Å². The molecule has 6 heteroatoms. The third kappa shape index (κ3) is 3.13. The van der Waals surface area contributed by atoms with Crippen molar-refractivity contribution in [2.45, 2.75) is 6.92 Å². The zero-order chi connectivity index (χ0) is 12.8. The van der Waals surface area contributed by atoms with Crippen LogP contribution in [0.3, 0.4) is 0 Å². The van der Waals surface area contributed by atoms with Gasteiger partial charge in [0.1, 0.15) is 0 Å². The molecule has 17 heavy (non-hydrogen) atoms. The Hall–Kier alpha value is -1.69. The van der Waals surface area contributed by atoms with Crippen LogP contribution in [0.15, 0.2) is 12.3 Å². The van der Waals surface area contributed by atoms with E-state index in [4.69, 9.17) is 5.11 Å². The first-order chi connectivity index (χ1) is 8.11. The van der Waals surface area contributed by atoms with Crippen molar-refractivity contribution >= 4 is 11.7 Å². The van der Waals surface area contributed by atoms with Crippen LogP contribution in [0, 0.1) is 5.82 Å². The number of hydrogen-bond donors (Lipinski definition) is 2. The summed E-state index contributed by atoms with van der Waals surface area (Å²) >= 11 is 0. The average Bonchev–Trinajstić information content (AvgIpc) is 2.31. The molecule has 1 amide bonds. The fraction of sp³-hybridized carbons (Fsp3) is 0.455. The minimum Gasteiger partial charge on any atom is -0.395 e. The van der Waals surface area contributed by atoms with E-state index in [-0.39, 0.29) is 24.5 Å². The van der Waals surface area contributed by atoms with E-state index in [0.717, 1.165) is 0 Å². The lowest BCUT2D eigenvalue weighted by atomic mass is 10.2. The van der Waals surface area contributed by atoms with Crippen LogP contribution in [-0.2, 0) is 0 Å². The van der Waals surface area contributed by atoms with Crippen LogP contribution in [0.4, 0.5) is 10.2 Å². The number of pyridine rings is 1. The molecule has 0 aliphatic heterocycles. The van der Waals surface area contributed by atoms with E-state index in [1.54, 1.807) is 0 Å². The summed E-state index contributed by atoms with van der Waals surface area (Å²) in [5.74, 6) is -1.07. The number of carbonyl (C=O) groups excluding carboxylic acids is 1. The number of aliphatic hydroxyl groups excluding tert-OH is 1. The van der Waals surface area contributed by atoms with Crippen molar-refractivity contribution in [3.63, 3.8) is 0 Å². The van der Waals surface area contributed by atoms with Gasteiger partial charge in [-0.1, -0.05) is 0 Å². The van der Waals surface area contributed by atoms with Crippen molar-refractivity contribution in [3.05, 3.63) is 23.6 Å². The Balaban J connectivity index is 2.97. The van der Waals surface area contributed by atoms with Gasteiger partial charge >= 0.3 is 0 Å². The Morgan fingerprint density at radius 1 is 1.65 bits per heavy atom. The molecule has 0 unspecified atom stereocenters. The highest BCUT2D eigenvalue weighted by molar-refractivity contribution is 5.95. The van der Waals surface area contributed by atoms with Gasteiger partial charge in [-0.3, -0.25) is 4.79 Å². The molecule has 0 spiro atoms. The summed E-state index contributed by atoms with van der Waals surface area (Å²) in [6, 6.07) is 1.33. The van der Waals surface area contributed by atoms with Crippen molar-refractivity contribution in [3.8, 4) is 0 Å². The maximum absolute atomic E-state index is 13.9. The lowest BCUT2D eigenvalue weighted by molar-refractivity contribution is 0.0762. The van der Waals surface area contributed by atoms with Crippen molar-refractivity contribution < 1.29 is 14.3 Å². The van der Waals surface area contributed by atoms with Crippen LogP contribution < -0.4 is 5.32 Å². The predicted octanol–water partition coefficient (Wildman–Crippen LogP) is 0.717. The molecule has 0 aliphatic carbocycles. The third-order valence-corrected chi connectivity index (χ3v) is 2.25. The first-order valence-corrected chi connectivity index (χ1v) is 5.36. The Bertz CT molecular complexity index is 398. The third-order valence-electron chi connectivity index (χ3n) is 2.25. The number of aliphatic hydroxyl groups is 1. The van der Waals surface area contributed by atoms with Gasteiger partial charge in [-0.25, -0.2) is 9.37 Å². The largest absolute Gasteiger partial charge is 0.395 e. The van der Waals surface area contributed by atoms with Gasteiger partial charge in [-0.05, 0) is 13.0 Å². The fourth-order valence-electron chi connectivity index (χ4n) is 1.36. The number of amides is 1. The van der Waals surface area contributed by atoms with Crippen LogP contribution >= 0.6 is 0 Å². The van der Waals surface area contributed by atoms with Crippen molar-refractivity contribution in [1.29, 1.82) is 0 Å². The first-order valence-electron chi connectivity index (χ1n) is 5.36. The molecule has 0 radical (unpaired) electrons. The Morgan fingerprint density at radius 3 is 2.94 bits per heavy atom. The molecule has 2 N–H and O–H groups in total. The maximum Gasteiger partial charge on any atom is 0.256 e. The minimum atomic E-state index is -0.663. The molecule has 1 aromatic rings. The van der Waals surface area contributed by atoms with Gasteiger partial charge in [0, 0.05) is 26.3 Å². The molecule has 1 aromatic heterocycles. The monoisotopic (exact) mass is 241 g/mol. The predicted molar refractivity (Wildman–Crippen MR) is 62.4 cm³/mol. The number of aromatic nitrogens is 1. The highest BCUT2D eigenvalue weighted by atomic mass is 19.1. The second kappa shape index (κ2) is 6.15. The molecule has 94 valence electrons. The molecular formula is C11H16FN3O2. The smallest absolute Gasteiger partial charge is 0.256 e. The minimum absolute atomic E-state index is 0.0492. The standard InChI is InChI=1S/C11H16FN3O2/c1-3-13-10-9(12)8(4-5-14-10)11(17)15(2)6-7-16/h4-5,16H,3,6-7H2,1-2H3,(H,13,14). The van der Waals surface area contributed by atoms with Gasteiger partial charge < -0.3 is 15.3 Å². The molecule has 0 saturated heterocycles. The van der Waals surface area contributed by atoms with Gasteiger partial charge in [0.25, 0.3) is 5.91 Å². The zero-order valence-electron chi connectivity index (χ0n) is 9.90. The van der Waals surface area contributed by atoms with E-state index < -0.39 is 11.7 Å². The number of hydrogen-bond acceptors (Lipinski definition) is 4. The lowest BCUT2D eigenvalue weighted by Gasteiger charge is -2.16. The van der Waals surface area contributed by atoms with Crippen LogP contribution in [0.25, 0.3) is 0 Å². The summed E-state index contributed by atoms with van der Waals surface area (Å²) in [5.41, 5.74) is -0.0492. The van der Waals surface area contributed by atoms with Crippen LogP contribution in [0.1, 0.15) is 17.3 Å². The molecule has 0 aliphatic rings. The number of rotatable bonds is 5. The molecule has 0 atom stereocenters. The summed E-state index contributed by atoms with van der Waals surface area (Å²) in [4.78, 5) is 16.9. The van der Waals surface area contributed by atoms with Crippen LogP contribution in [-0.4, -0.2) is 47.6 Å². The molecule has 0 fully saturated rings. The molecule has 0 saturated carbocycles. The summed E-state index contributed by atoms with van der Waals surface area (Å²) in [5, 5.41) is 11.5. The number of halogens is 1. The van der Waals surface area contributed by atoms with Crippen LogP contribution in [0.2, 0.25) is 0 Å². The number of likely N-dealkylation sites (N-methyl/N-ethyl adjacent to an activating group) is 1. The Morgan fingerprint density at radius 2 is 2.35 bits per heavy atom. The van der Waals surface area contributed by atoms with E-state index >= 15 is 0 Å². The number of carbonyl (C=O) groups is 1. The van der Waals surface area contributed by atoms with Crippen LogP contribution in [0.5, 0.6) is 0 Å². The first kappa shape index (κ1) is 13.4. The van der Waals surface area contributed by atoms with Gasteiger partial charge in [0.15, 0.2) is 11.6 Å². The second-order valence-electron chi connectivity index (χ2n) is 3.50. The number of nitrogens with one attached hydrogen (secondary N) is 1. The molecule has 5 nitrogen and oxygen atoms in total. The van der Waals surface area contributed by atoms with E-state index in [9.17, 15) is 9.18 Å². The van der Waals surface area contributed by atoms with E-state index in [1.807, 2.05) is 6.92 Å². The number of anilines is 1. The molecular weight excluding hydrogens is 225 g/mol. The van der Waals surface area contributed by atoms with Gasteiger partial charge in [-0.2, -0.15) is 0 Å². The highest BCUT2D eigenvalue weighted by Crippen LogP contribution is 2.16. The summed E-state index contributed by atoms with van der Waals surface area (Å²) in [6.07, 6.45) is 1.38. The Labute approximate surface area is 99.3 Å². The fourth-order valence-corrected chi connectivity index (χ4v) is 1.36. The van der Waals surface area contributed by atoms with E-state index in [0.29, 0.717) is 6.54 Å². The topological polar surface area (TPSA) is 65.5 Å². The summed E-state index contributed by atoms with van der Waals surface area (Å²) in [7, 11) is 1.51. The SMILES string of the molecule is CCNc1nccc(C(=O)N(C)CCO)c1F. The maximum atomic E-state index is 13.9. The summed E-state index contributed by atoms with van der Waals surface area (Å²) < 4.78 is 13.9. The van der Waals surface area contributed by atoms with Gasteiger partial charge in [0.2, 0.25) is 0 Å². The van der Waals surface area contributed by atoms with Crippen molar-refractivity contribution in [2.75, 3.05) is 32.1 Å². The van der Waals surface area contributed by atoms with Gasteiger partial charge in [0.05, 0.1) is 12.2 Å². The number of nitrogens with zero attached hydrogens (tertiary/aromatic N) is 2. The quantitative estimate of drug-likeness (QED) is 0.797. The normalized spacial score (nSPS) is 10.1.